The van der Waals surface area contributed by atoms with Crippen LogP contribution in [0.15, 0.2) is 0 Å². The Hall–Kier alpha value is -0.343. The fourth-order valence-corrected chi connectivity index (χ4v) is 5.23. The smallest absolute Gasteiger partial charge is 0.191 e. The quantitative estimate of drug-likeness (QED) is 0.329. The van der Waals surface area contributed by atoms with E-state index >= 15 is 0 Å². The zero-order valence-electron chi connectivity index (χ0n) is 14.1. The molecule has 0 rings (SSSR count). The van der Waals surface area contributed by atoms with Crippen molar-refractivity contribution in [1.29, 1.82) is 0 Å². The number of ether oxygens (including phenoxy) is 2. The van der Waals surface area contributed by atoms with E-state index in [1.165, 1.54) is 18.1 Å². The Bertz CT molecular complexity index is 276. The maximum absolute atomic E-state index is 6.34. The lowest BCUT2D eigenvalue weighted by Gasteiger charge is -2.33. The van der Waals surface area contributed by atoms with E-state index in [2.05, 4.69) is 33.6 Å². The summed E-state index contributed by atoms with van der Waals surface area (Å²) in [7, 11) is 0.0862. The molecule has 20 heavy (non-hydrogen) atoms. The number of hydrogen-bond donors (Lipinski definition) is 0. The molecule has 0 saturated carbocycles. The first-order chi connectivity index (χ1) is 9.50. The molecule has 0 amide bonds. The molecular formula is C16H32O3Si. The fraction of sp³-hybridized carbons (Fsp3) is 0.875. The minimum atomic E-state index is -1.54. The van der Waals surface area contributed by atoms with Gasteiger partial charge < -0.3 is 13.9 Å². The maximum atomic E-state index is 6.34. The zero-order valence-corrected chi connectivity index (χ0v) is 15.1. The van der Waals surface area contributed by atoms with Gasteiger partial charge in [0.2, 0.25) is 0 Å². The van der Waals surface area contributed by atoms with Crippen molar-refractivity contribution >= 4 is 8.32 Å². The zero-order chi connectivity index (χ0) is 15.6. The van der Waals surface area contributed by atoms with Gasteiger partial charge in [-0.1, -0.05) is 27.7 Å². The van der Waals surface area contributed by atoms with Crippen LogP contribution < -0.4 is 0 Å². The Morgan fingerprint density at radius 2 is 1.65 bits per heavy atom. The first-order valence-corrected chi connectivity index (χ1v) is 10.2. The lowest BCUT2D eigenvalue weighted by molar-refractivity contribution is -0.105. The summed E-state index contributed by atoms with van der Waals surface area (Å²) in [5.74, 6) is 3.10. The summed E-state index contributed by atoms with van der Waals surface area (Å²) >= 11 is 0. The molecular weight excluding hydrogens is 268 g/mol. The van der Waals surface area contributed by atoms with Crippen LogP contribution in [-0.4, -0.2) is 34.9 Å². The summed E-state index contributed by atoms with van der Waals surface area (Å²) < 4.78 is 17.1. The second kappa shape index (κ2) is 10.4. The highest BCUT2D eigenvalue weighted by Crippen LogP contribution is 2.25. The van der Waals surface area contributed by atoms with Gasteiger partial charge >= 0.3 is 0 Å². The van der Waals surface area contributed by atoms with Crippen molar-refractivity contribution < 1.29 is 13.9 Å². The SMILES string of the molecule is C#C[C@H](C)[C@H](OCOC)[C@@H](C)CO[Si](CC)(CC)CC. The van der Waals surface area contributed by atoms with Crippen LogP contribution >= 0.6 is 0 Å². The normalized spacial score (nSPS) is 16.4. The molecule has 3 nitrogen and oxygen atoms in total. The molecule has 0 aliphatic rings. The van der Waals surface area contributed by atoms with Crippen molar-refractivity contribution in [2.24, 2.45) is 11.8 Å². The average Bonchev–Trinajstić information content (AvgIpc) is 2.49. The van der Waals surface area contributed by atoms with Crippen LogP contribution in [0.3, 0.4) is 0 Å². The molecule has 0 aliphatic heterocycles. The predicted molar refractivity (Wildman–Crippen MR) is 87.1 cm³/mol. The number of methoxy groups -OCH3 is 1. The summed E-state index contributed by atoms with van der Waals surface area (Å²) in [6.07, 6.45) is 5.52. The molecule has 4 heteroatoms. The molecule has 3 atom stereocenters. The van der Waals surface area contributed by atoms with Gasteiger partial charge in [0.25, 0.3) is 0 Å². The molecule has 0 aromatic carbocycles. The molecule has 0 spiro atoms. The average molecular weight is 301 g/mol. The minimum absolute atomic E-state index is 0.0165. The number of hydrogen-bond acceptors (Lipinski definition) is 3. The van der Waals surface area contributed by atoms with Gasteiger partial charge in [0.15, 0.2) is 8.32 Å². The van der Waals surface area contributed by atoms with E-state index in [1.807, 2.05) is 6.92 Å². The summed E-state index contributed by atoms with van der Waals surface area (Å²) in [6, 6.07) is 3.50. The maximum Gasteiger partial charge on any atom is 0.191 e. The van der Waals surface area contributed by atoms with Crippen molar-refractivity contribution in [3.05, 3.63) is 0 Å². The van der Waals surface area contributed by atoms with Gasteiger partial charge in [0.05, 0.1) is 6.10 Å². The van der Waals surface area contributed by atoms with Crippen LogP contribution in [0.1, 0.15) is 34.6 Å². The van der Waals surface area contributed by atoms with E-state index in [4.69, 9.17) is 20.3 Å². The van der Waals surface area contributed by atoms with Gasteiger partial charge in [-0.05, 0) is 25.1 Å². The third-order valence-electron chi connectivity index (χ3n) is 4.28. The first kappa shape index (κ1) is 19.7. The van der Waals surface area contributed by atoms with Crippen LogP contribution in [-0.2, 0) is 13.9 Å². The number of rotatable bonds is 11. The molecule has 0 radical (unpaired) electrons. The molecule has 118 valence electrons. The Labute approximate surface area is 126 Å². The second-order valence-electron chi connectivity index (χ2n) is 5.53. The highest BCUT2D eigenvalue weighted by molar-refractivity contribution is 6.73. The van der Waals surface area contributed by atoms with Crippen molar-refractivity contribution in [3.8, 4) is 12.3 Å². The van der Waals surface area contributed by atoms with Gasteiger partial charge in [-0.25, -0.2) is 0 Å². The highest BCUT2D eigenvalue weighted by atomic mass is 28.4. The predicted octanol–water partition coefficient (Wildman–Crippen LogP) is 3.90. The molecule has 0 aromatic heterocycles. The van der Waals surface area contributed by atoms with Crippen LogP contribution in [0.2, 0.25) is 18.1 Å². The standard InChI is InChI=1S/C16H32O3Si/c1-8-14(5)16(18-13-17-7)15(6)12-19-20(9-2,10-3)11-4/h1,14-16H,9-13H2,2-7H3/t14-,15-,16-/m0/s1. The second-order valence-corrected chi connectivity index (χ2v) is 10.3. The van der Waals surface area contributed by atoms with Crippen LogP contribution in [0.4, 0.5) is 0 Å². The third-order valence-corrected chi connectivity index (χ3v) is 8.93. The first-order valence-electron chi connectivity index (χ1n) is 7.70. The van der Waals surface area contributed by atoms with Crippen LogP contribution in [0, 0.1) is 24.2 Å². The van der Waals surface area contributed by atoms with Gasteiger partial charge in [-0.2, -0.15) is 0 Å². The number of terminal acetylenes is 1. The molecule has 0 N–H and O–H groups in total. The molecule has 0 fully saturated rings. The monoisotopic (exact) mass is 300 g/mol. The van der Waals surface area contributed by atoms with E-state index in [0.717, 1.165) is 6.61 Å². The van der Waals surface area contributed by atoms with Gasteiger partial charge in [-0.3, -0.25) is 0 Å². The van der Waals surface area contributed by atoms with Gasteiger partial charge in [-0.15, -0.1) is 12.3 Å². The van der Waals surface area contributed by atoms with Gasteiger partial charge in [0, 0.05) is 25.6 Å². The lowest BCUT2D eigenvalue weighted by Crippen LogP contribution is -2.40. The lowest BCUT2D eigenvalue weighted by atomic mass is 9.94. The highest BCUT2D eigenvalue weighted by Gasteiger charge is 2.31. The molecule has 0 aliphatic carbocycles. The van der Waals surface area contributed by atoms with E-state index in [-0.39, 0.29) is 24.7 Å². The van der Waals surface area contributed by atoms with E-state index in [9.17, 15) is 0 Å². The van der Waals surface area contributed by atoms with E-state index < -0.39 is 8.32 Å². The van der Waals surface area contributed by atoms with Crippen LogP contribution in [0.25, 0.3) is 0 Å². The fourth-order valence-electron chi connectivity index (χ4n) is 2.50. The van der Waals surface area contributed by atoms with E-state index in [1.54, 1.807) is 7.11 Å². The van der Waals surface area contributed by atoms with Crippen molar-refractivity contribution in [1.82, 2.24) is 0 Å². The molecule has 0 aromatic rings. The Morgan fingerprint density at radius 3 is 2.05 bits per heavy atom. The Balaban J connectivity index is 4.59. The summed E-state index contributed by atoms with van der Waals surface area (Å²) in [4.78, 5) is 0. The largest absolute Gasteiger partial charge is 0.416 e. The van der Waals surface area contributed by atoms with E-state index in [0.29, 0.717) is 0 Å². The summed E-state index contributed by atoms with van der Waals surface area (Å²) in [6.45, 7) is 11.9. The van der Waals surface area contributed by atoms with Crippen LogP contribution in [0.5, 0.6) is 0 Å². The van der Waals surface area contributed by atoms with Gasteiger partial charge in [0.1, 0.15) is 6.79 Å². The Kier molecular flexibility index (Phi) is 10.2. The molecule has 0 unspecified atom stereocenters. The van der Waals surface area contributed by atoms with Crippen molar-refractivity contribution in [3.63, 3.8) is 0 Å². The molecule has 0 saturated heterocycles. The minimum Gasteiger partial charge on any atom is -0.416 e. The summed E-state index contributed by atoms with van der Waals surface area (Å²) in [5.41, 5.74) is 0. The van der Waals surface area contributed by atoms with Crippen molar-refractivity contribution in [2.45, 2.75) is 58.9 Å². The topological polar surface area (TPSA) is 27.7 Å². The molecule has 0 heterocycles. The summed E-state index contributed by atoms with van der Waals surface area (Å²) in [5, 5.41) is 0. The molecule has 0 bridgehead atoms. The third kappa shape index (κ3) is 5.97. The van der Waals surface area contributed by atoms with Crippen molar-refractivity contribution in [2.75, 3.05) is 20.5 Å². The Morgan fingerprint density at radius 1 is 1.10 bits per heavy atom.